The third-order valence-electron chi connectivity index (χ3n) is 3.88. The van der Waals surface area contributed by atoms with Crippen LogP contribution in [0.5, 0.6) is 11.5 Å². The highest BCUT2D eigenvalue weighted by Crippen LogP contribution is 2.22. The van der Waals surface area contributed by atoms with Crippen LogP contribution < -0.4 is 15.4 Å². The predicted molar refractivity (Wildman–Crippen MR) is 110 cm³/mol. The van der Waals surface area contributed by atoms with Crippen LogP contribution >= 0.6 is 0 Å². The van der Waals surface area contributed by atoms with Crippen molar-refractivity contribution in [2.24, 2.45) is 0 Å². The third-order valence-corrected chi connectivity index (χ3v) is 3.88. The number of esters is 1. The normalized spacial score (nSPS) is 10.1. The van der Waals surface area contributed by atoms with Crippen LogP contribution in [0.25, 0.3) is 0 Å². The molecule has 2 amide bonds. The summed E-state index contributed by atoms with van der Waals surface area (Å²) in [4.78, 5) is 34.9. The first-order chi connectivity index (χ1) is 14.1. The molecule has 0 aliphatic rings. The zero-order valence-corrected chi connectivity index (χ0v) is 16.5. The second-order valence-corrected chi connectivity index (χ2v) is 6.25. The van der Waals surface area contributed by atoms with E-state index in [1.165, 1.54) is 0 Å². The number of nitrogens with one attached hydrogen (secondary N) is 2. The maximum absolute atomic E-state index is 12.0. The molecule has 7 nitrogen and oxygen atoms in total. The number of benzene rings is 2. The highest BCUT2D eigenvalue weighted by atomic mass is 16.5. The largest absolute Gasteiger partial charge is 0.466 e. The Labute approximate surface area is 170 Å². The summed E-state index contributed by atoms with van der Waals surface area (Å²) in [6.07, 6.45) is 1.02. The second-order valence-electron chi connectivity index (χ2n) is 6.25. The zero-order valence-electron chi connectivity index (χ0n) is 16.5. The van der Waals surface area contributed by atoms with E-state index >= 15 is 0 Å². The van der Waals surface area contributed by atoms with Gasteiger partial charge in [-0.05, 0) is 49.7 Å². The van der Waals surface area contributed by atoms with Crippen LogP contribution in [0.1, 0.15) is 32.6 Å². The Hall–Kier alpha value is -3.35. The van der Waals surface area contributed by atoms with Crippen LogP contribution in [-0.2, 0) is 19.1 Å². The molecule has 29 heavy (non-hydrogen) atoms. The molecule has 0 saturated carbocycles. The average Bonchev–Trinajstić information content (AvgIpc) is 2.70. The second kappa shape index (κ2) is 12.2. The van der Waals surface area contributed by atoms with E-state index in [4.69, 9.17) is 9.47 Å². The molecule has 0 aromatic heterocycles. The van der Waals surface area contributed by atoms with Crippen LogP contribution in [0.3, 0.4) is 0 Å². The van der Waals surface area contributed by atoms with E-state index in [0.717, 1.165) is 5.75 Å². The molecule has 2 N–H and O–H groups in total. The van der Waals surface area contributed by atoms with Gasteiger partial charge in [0.25, 0.3) is 0 Å². The SMILES string of the molecule is CCOC(=O)CCNC(=O)CCCC(=O)Nc1ccc(Oc2ccccc2)cc1. The third kappa shape index (κ3) is 8.92. The number of amides is 2. The van der Waals surface area contributed by atoms with Gasteiger partial charge >= 0.3 is 5.97 Å². The van der Waals surface area contributed by atoms with E-state index in [-0.39, 0.29) is 43.6 Å². The van der Waals surface area contributed by atoms with E-state index < -0.39 is 0 Å². The molecular weight excluding hydrogens is 372 g/mol. The lowest BCUT2D eigenvalue weighted by atomic mass is 10.2. The topological polar surface area (TPSA) is 93.7 Å². The number of rotatable bonds is 11. The fourth-order valence-corrected chi connectivity index (χ4v) is 2.49. The lowest BCUT2D eigenvalue weighted by Crippen LogP contribution is -2.26. The Bertz CT molecular complexity index is 791. The monoisotopic (exact) mass is 398 g/mol. The molecule has 0 spiro atoms. The molecule has 2 aromatic rings. The van der Waals surface area contributed by atoms with Gasteiger partial charge in [0.05, 0.1) is 13.0 Å². The lowest BCUT2D eigenvalue weighted by molar-refractivity contribution is -0.143. The fraction of sp³-hybridized carbons (Fsp3) is 0.318. The molecule has 0 bridgehead atoms. The molecular formula is C22H26N2O5. The van der Waals surface area contributed by atoms with E-state index in [1.54, 1.807) is 31.2 Å². The van der Waals surface area contributed by atoms with E-state index in [2.05, 4.69) is 10.6 Å². The Morgan fingerprint density at radius 2 is 1.48 bits per heavy atom. The van der Waals surface area contributed by atoms with E-state index in [9.17, 15) is 14.4 Å². The summed E-state index contributed by atoms with van der Waals surface area (Å²) >= 11 is 0. The minimum atomic E-state index is -0.340. The maximum Gasteiger partial charge on any atom is 0.307 e. The van der Waals surface area contributed by atoms with Crippen LogP contribution in [0, 0.1) is 0 Å². The minimum Gasteiger partial charge on any atom is -0.466 e. The van der Waals surface area contributed by atoms with Crippen molar-refractivity contribution in [1.82, 2.24) is 5.32 Å². The van der Waals surface area contributed by atoms with Crippen molar-refractivity contribution in [2.75, 3.05) is 18.5 Å². The van der Waals surface area contributed by atoms with Crippen molar-refractivity contribution in [3.8, 4) is 11.5 Å². The van der Waals surface area contributed by atoms with Gasteiger partial charge in [0, 0.05) is 25.1 Å². The smallest absolute Gasteiger partial charge is 0.307 e. The summed E-state index contributed by atoms with van der Waals surface area (Å²) in [7, 11) is 0. The molecule has 0 aliphatic heterocycles. The van der Waals surface area contributed by atoms with Gasteiger partial charge in [-0.15, -0.1) is 0 Å². The van der Waals surface area contributed by atoms with E-state index in [0.29, 0.717) is 24.5 Å². The van der Waals surface area contributed by atoms with Gasteiger partial charge in [-0.2, -0.15) is 0 Å². The lowest BCUT2D eigenvalue weighted by Gasteiger charge is -2.08. The molecule has 2 aromatic carbocycles. The molecule has 154 valence electrons. The van der Waals surface area contributed by atoms with Gasteiger partial charge in [0.15, 0.2) is 0 Å². The van der Waals surface area contributed by atoms with Crippen LogP contribution in [0.2, 0.25) is 0 Å². The highest BCUT2D eigenvalue weighted by molar-refractivity contribution is 5.91. The predicted octanol–water partition coefficient (Wildman–Crippen LogP) is 3.66. The number of para-hydroxylation sites is 1. The Balaban J connectivity index is 1.63. The molecule has 0 aliphatic carbocycles. The molecule has 0 atom stereocenters. The van der Waals surface area contributed by atoms with Gasteiger partial charge < -0.3 is 20.1 Å². The summed E-state index contributed by atoms with van der Waals surface area (Å²) in [6.45, 7) is 2.29. The number of ether oxygens (including phenoxy) is 2. The number of anilines is 1. The van der Waals surface area contributed by atoms with Gasteiger partial charge in [0.1, 0.15) is 11.5 Å². The van der Waals surface area contributed by atoms with Crippen molar-refractivity contribution in [3.63, 3.8) is 0 Å². The van der Waals surface area contributed by atoms with Crippen molar-refractivity contribution >= 4 is 23.5 Å². The first-order valence-electron chi connectivity index (χ1n) is 9.62. The first kappa shape index (κ1) is 21.9. The zero-order chi connectivity index (χ0) is 20.9. The maximum atomic E-state index is 12.0. The summed E-state index contributed by atoms with van der Waals surface area (Å²) in [5.74, 6) is 0.719. The fourth-order valence-electron chi connectivity index (χ4n) is 2.49. The van der Waals surface area contributed by atoms with Crippen molar-refractivity contribution in [1.29, 1.82) is 0 Å². The van der Waals surface area contributed by atoms with Crippen molar-refractivity contribution < 1.29 is 23.9 Å². The Morgan fingerprint density at radius 3 is 2.17 bits per heavy atom. The molecule has 0 heterocycles. The summed E-state index contributed by atoms with van der Waals surface area (Å²) in [6, 6.07) is 16.5. The van der Waals surface area contributed by atoms with Crippen LogP contribution in [0.4, 0.5) is 5.69 Å². The molecule has 0 saturated heterocycles. The molecule has 0 fully saturated rings. The Morgan fingerprint density at radius 1 is 0.828 bits per heavy atom. The number of hydrogen-bond donors (Lipinski definition) is 2. The van der Waals surface area contributed by atoms with Gasteiger partial charge in [-0.25, -0.2) is 0 Å². The Kier molecular flexibility index (Phi) is 9.21. The van der Waals surface area contributed by atoms with Crippen molar-refractivity contribution in [2.45, 2.75) is 32.6 Å². The number of carbonyl (C=O) groups excluding carboxylic acids is 3. The minimum absolute atomic E-state index is 0.143. The summed E-state index contributed by atoms with van der Waals surface area (Å²) < 4.78 is 10.5. The van der Waals surface area contributed by atoms with Crippen LogP contribution in [0.15, 0.2) is 54.6 Å². The molecule has 0 radical (unpaired) electrons. The highest BCUT2D eigenvalue weighted by Gasteiger charge is 2.07. The van der Waals surface area contributed by atoms with Crippen LogP contribution in [-0.4, -0.2) is 30.9 Å². The standard InChI is InChI=1S/C22H26N2O5/c1-2-28-22(27)15-16-23-20(25)9-6-10-21(26)24-17-11-13-19(14-12-17)29-18-7-4-3-5-8-18/h3-5,7-8,11-14H,2,6,9-10,15-16H2,1H3,(H,23,25)(H,24,26). The first-order valence-corrected chi connectivity index (χ1v) is 9.62. The molecule has 0 unspecified atom stereocenters. The number of carbonyl (C=O) groups is 3. The van der Waals surface area contributed by atoms with E-state index in [1.807, 2.05) is 30.3 Å². The van der Waals surface area contributed by atoms with Gasteiger partial charge in [-0.3, -0.25) is 14.4 Å². The van der Waals surface area contributed by atoms with Gasteiger partial charge in [0.2, 0.25) is 11.8 Å². The quantitative estimate of drug-likeness (QED) is 0.564. The average molecular weight is 398 g/mol. The molecule has 7 heteroatoms. The summed E-state index contributed by atoms with van der Waals surface area (Å²) in [5, 5.41) is 5.43. The van der Waals surface area contributed by atoms with Gasteiger partial charge in [-0.1, -0.05) is 18.2 Å². The number of hydrogen-bond acceptors (Lipinski definition) is 5. The molecule has 2 rings (SSSR count). The summed E-state index contributed by atoms with van der Waals surface area (Å²) in [5.41, 5.74) is 0.661. The van der Waals surface area contributed by atoms with Crippen molar-refractivity contribution in [3.05, 3.63) is 54.6 Å².